The highest BCUT2D eigenvalue weighted by Crippen LogP contribution is 2.42. The molecule has 0 unspecified atom stereocenters. The Morgan fingerprint density at radius 2 is 1.95 bits per heavy atom. The summed E-state index contributed by atoms with van der Waals surface area (Å²) in [6, 6.07) is 6.59. The standard InChI is InChI=1S/C29H35N5O4S/c35-23-2-1-3-24(23)38-15-26-30-13-20(14-31-26)18-4-5-22-25(12-18)39-28(32-22)33-27(36)19-10-21(11-19)34-8-6-29(7-9-34)16-37-17-29/h4-5,12-14,19,21,23-24,35H,1-3,6-11,15-17H2,(H,32,33,36)/t19?,21?,23-,24-/m0/s1. The molecule has 2 aliphatic carbocycles. The molecule has 0 radical (unpaired) electrons. The molecule has 2 aromatic heterocycles. The highest BCUT2D eigenvalue weighted by atomic mass is 32.1. The molecule has 4 aliphatic rings. The van der Waals surface area contributed by atoms with Crippen molar-refractivity contribution in [1.82, 2.24) is 19.9 Å². The van der Waals surface area contributed by atoms with Gasteiger partial charge < -0.3 is 24.8 Å². The van der Waals surface area contributed by atoms with Gasteiger partial charge in [0.2, 0.25) is 5.91 Å². The van der Waals surface area contributed by atoms with E-state index in [0.717, 1.165) is 79.8 Å². The summed E-state index contributed by atoms with van der Waals surface area (Å²) in [4.78, 5) is 29.1. The number of aliphatic hydroxyl groups is 1. The molecule has 1 aromatic carbocycles. The van der Waals surface area contributed by atoms with Gasteiger partial charge in [0.05, 0.1) is 35.6 Å². The van der Waals surface area contributed by atoms with Crippen molar-refractivity contribution in [2.24, 2.45) is 11.3 Å². The number of ether oxygens (including phenoxy) is 2. The molecular formula is C29H35N5O4S. The summed E-state index contributed by atoms with van der Waals surface area (Å²) < 4.78 is 12.3. The minimum Gasteiger partial charge on any atom is -0.390 e. The van der Waals surface area contributed by atoms with E-state index in [0.29, 0.717) is 29.0 Å². The van der Waals surface area contributed by atoms with E-state index in [4.69, 9.17) is 9.47 Å². The lowest BCUT2D eigenvalue weighted by molar-refractivity contribution is -0.148. The molecule has 2 N–H and O–H groups in total. The van der Waals surface area contributed by atoms with Crippen LogP contribution >= 0.6 is 11.3 Å². The zero-order valence-corrected chi connectivity index (χ0v) is 22.9. The smallest absolute Gasteiger partial charge is 0.229 e. The number of piperidine rings is 1. The van der Waals surface area contributed by atoms with Crippen molar-refractivity contribution < 1.29 is 19.4 Å². The second-order valence-electron chi connectivity index (χ2n) is 11.8. The maximum absolute atomic E-state index is 12.9. The Balaban J connectivity index is 0.926. The van der Waals surface area contributed by atoms with E-state index in [2.05, 4.69) is 31.2 Å². The van der Waals surface area contributed by atoms with Crippen LogP contribution in [-0.2, 0) is 20.9 Å². The summed E-state index contributed by atoms with van der Waals surface area (Å²) in [5.41, 5.74) is 3.24. The fourth-order valence-electron chi connectivity index (χ4n) is 6.37. The average molecular weight is 550 g/mol. The summed E-state index contributed by atoms with van der Waals surface area (Å²) in [6.07, 6.45) is 10.1. The third-order valence-electron chi connectivity index (χ3n) is 9.18. The molecule has 7 rings (SSSR count). The number of thiazole rings is 1. The summed E-state index contributed by atoms with van der Waals surface area (Å²) >= 11 is 1.50. The Kier molecular flexibility index (Phi) is 6.84. The number of likely N-dealkylation sites (tertiary alicyclic amines) is 1. The largest absolute Gasteiger partial charge is 0.390 e. The first-order valence-corrected chi connectivity index (χ1v) is 15.0. The van der Waals surface area contributed by atoms with E-state index >= 15 is 0 Å². The number of benzene rings is 1. The fraction of sp³-hybridized carbons (Fsp3) is 0.586. The van der Waals surface area contributed by atoms with Gasteiger partial charge in [-0.2, -0.15) is 0 Å². The minimum atomic E-state index is -0.383. The van der Waals surface area contributed by atoms with Crippen LogP contribution in [0.5, 0.6) is 0 Å². The zero-order chi connectivity index (χ0) is 26.4. The lowest BCUT2D eigenvalue weighted by Gasteiger charge is -2.51. The van der Waals surface area contributed by atoms with E-state index in [-0.39, 0.29) is 24.0 Å². The SMILES string of the molecule is O=C(Nc1nc2ccc(-c3cnc(CO[C@H]4CCC[C@@H]4O)nc3)cc2s1)C1CC(N2CCC3(CC2)COC3)C1. The Labute approximate surface area is 232 Å². The van der Waals surface area contributed by atoms with Crippen molar-refractivity contribution in [3.63, 3.8) is 0 Å². The van der Waals surface area contributed by atoms with E-state index < -0.39 is 0 Å². The number of aliphatic hydroxyl groups excluding tert-OH is 1. The molecule has 39 heavy (non-hydrogen) atoms. The molecule has 4 fully saturated rings. The number of anilines is 1. The minimum absolute atomic E-state index is 0.0667. The molecule has 3 aromatic rings. The zero-order valence-electron chi connectivity index (χ0n) is 22.1. The van der Waals surface area contributed by atoms with Gasteiger partial charge in [-0.15, -0.1) is 0 Å². The van der Waals surface area contributed by atoms with Crippen molar-refractivity contribution in [2.45, 2.75) is 69.8 Å². The molecule has 206 valence electrons. The summed E-state index contributed by atoms with van der Waals surface area (Å²) in [7, 11) is 0. The number of carbonyl (C=O) groups excluding carboxylic acids is 1. The third-order valence-corrected chi connectivity index (χ3v) is 10.1. The van der Waals surface area contributed by atoms with E-state index in [1.54, 1.807) is 12.4 Å². The first-order valence-electron chi connectivity index (χ1n) is 14.2. The number of aromatic nitrogens is 3. The van der Waals surface area contributed by atoms with Gasteiger partial charge in [-0.3, -0.25) is 4.79 Å². The molecule has 10 heteroatoms. The average Bonchev–Trinajstić information content (AvgIpc) is 3.50. The Bertz CT molecular complexity index is 1330. The third kappa shape index (κ3) is 5.20. The lowest BCUT2D eigenvalue weighted by Crippen LogP contribution is -2.56. The van der Waals surface area contributed by atoms with Crippen molar-refractivity contribution in [3.05, 3.63) is 36.4 Å². The second kappa shape index (κ2) is 10.5. The van der Waals surface area contributed by atoms with Gasteiger partial charge in [0, 0.05) is 35.3 Å². The van der Waals surface area contributed by atoms with E-state index in [1.807, 2.05) is 12.1 Å². The number of carbonyl (C=O) groups is 1. The van der Waals surface area contributed by atoms with Gasteiger partial charge in [-0.25, -0.2) is 15.0 Å². The molecule has 2 saturated heterocycles. The van der Waals surface area contributed by atoms with Crippen molar-refractivity contribution in [3.8, 4) is 11.1 Å². The monoisotopic (exact) mass is 549 g/mol. The number of hydrogen-bond acceptors (Lipinski definition) is 9. The fourth-order valence-corrected chi connectivity index (χ4v) is 7.28. The molecule has 9 nitrogen and oxygen atoms in total. The summed E-state index contributed by atoms with van der Waals surface area (Å²) in [5.74, 6) is 0.761. The normalized spacial score (nSPS) is 28.3. The van der Waals surface area contributed by atoms with Crippen LogP contribution in [0, 0.1) is 11.3 Å². The first-order chi connectivity index (χ1) is 19.0. The number of nitrogens with one attached hydrogen (secondary N) is 1. The van der Waals surface area contributed by atoms with Crippen LogP contribution < -0.4 is 5.32 Å². The Hall–Kier alpha value is -2.50. The van der Waals surface area contributed by atoms with E-state index in [9.17, 15) is 9.90 Å². The van der Waals surface area contributed by atoms with Gasteiger partial charge in [-0.05, 0) is 75.7 Å². The molecular weight excluding hydrogens is 514 g/mol. The van der Waals surface area contributed by atoms with Crippen LogP contribution in [0.1, 0.15) is 50.8 Å². The highest BCUT2D eigenvalue weighted by Gasteiger charge is 2.45. The van der Waals surface area contributed by atoms with Crippen molar-refractivity contribution >= 4 is 32.6 Å². The predicted molar refractivity (Wildman–Crippen MR) is 148 cm³/mol. The maximum Gasteiger partial charge on any atom is 0.229 e. The quantitative estimate of drug-likeness (QED) is 0.455. The van der Waals surface area contributed by atoms with Gasteiger partial charge in [0.25, 0.3) is 0 Å². The van der Waals surface area contributed by atoms with Gasteiger partial charge in [0.15, 0.2) is 11.0 Å². The summed E-state index contributed by atoms with van der Waals surface area (Å²) in [5, 5.41) is 13.6. The number of nitrogens with zero attached hydrogens (tertiary/aromatic N) is 4. The number of rotatable bonds is 7. The molecule has 1 amide bonds. The van der Waals surface area contributed by atoms with Crippen LogP contribution in [0.4, 0.5) is 5.13 Å². The Morgan fingerprint density at radius 3 is 2.64 bits per heavy atom. The molecule has 0 bridgehead atoms. The highest BCUT2D eigenvalue weighted by molar-refractivity contribution is 7.22. The number of hydrogen-bond donors (Lipinski definition) is 2. The van der Waals surface area contributed by atoms with Gasteiger partial charge in [0.1, 0.15) is 6.61 Å². The Morgan fingerprint density at radius 1 is 1.15 bits per heavy atom. The molecule has 2 aliphatic heterocycles. The van der Waals surface area contributed by atoms with Crippen LogP contribution in [0.25, 0.3) is 21.3 Å². The van der Waals surface area contributed by atoms with E-state index in [1.165, 1.54) is 24.2 Å². The first kappa shape index (κ1) is 25.5. The predicted octanol–water partition coefficient (Wildman–Crippen LogP) is 4.01. The summed E-state index contributed by atoms with van der Waals surface area (Å²) in [6.45, 7) is 4.43. The number of fused-ring (bicyclic) bond motifs is 1. The van der Waals surface area contributed by atoms with Crippen LogP contribution in [0.2, 0.25) is 0 Å². The molecule has 1 spiro atoms. The topological polar surface area (TPSA) is 110 Å². The number of amides is 1. The van der Waals surface area contributed by atoms with Gasteiger partial charge >= 0.3 is 0 Å². The van der Waals surface area contributed by atoms with Crippen LogP contribution in [-0.4, -0.2) is 75.4 Å². The lowest BCUT2D eigenvalue weighted by atomic mass is 9.73. The van der Waals surface area contributed by atoms with Crippen LogP contribution in [0.3, 0.4) is 0 Å². The maximum atomic E-state index is 12.9. The second-order valence-corrected chi connectivity index (χ2v) is 12.8. The van der Waals surface area contributed by atoms with Crippen LogP contribution in [0.15, 0.2) is 30.6 Å². The van der Waals surface area contributed by atoms with Crippen molar-refractivity contribution in [1.29, 1.82) is 0 Å². The molecule has 2 atom stereocenters. The molecule has 4 heterocycles. The van der Waals surface area contributed by atoms with Crippen molar-refractivity contribution in [2.75, 3.05) is 31.6 Å². The molecule has 2 saturated carbocycles. The van der Waals surface area contributed by atoms with Gasteiger partial charge in [-0.1, -0.05) is 17.4 Å².